The van der Waals surface area contributed by atoms with E-state index in [0.717, 1.165) is 68.2 Å². The molecule has 0 bridgehead atoms. The van der Waals surface area contributed by atoms with Crippen molar-refractivity contribution in [3.05, 3.63) is 40.5 Å². The Morgan fingerprint density at radius 1 is 1.03 bits per heavy atom. The molecule has 10 heteroatoms. The fourth-order valence-electron chi connectivity index (χ4n) is 5.59. The second-order valence-corrected chi connectivity index (χ2v) is 11.8. The van der Waals surface area contributed by atoms with Gasteiger partial charge in [0, 0.05) is 42.6 Å². The first kappa shape index (κ1) is 26.9. The molecule has 1 aliphatic heterocycles. The van der Waals surface area contributed by atoms with Crippen LogP contribution in [0.4, 0.5) is 17.5 Å². The van der Waals surface area contributed by atoms with Gasteiger partial charge in [-0.1, -0.05) is 6.42 Å². The summed E-state index contributed by atoms with van der Waals surface area (Å²) in [6.45, 7) is 2.04. The molecule has 3 fully saturated rings. The van der Waals surface area contributed by atoms with Gasteiger partial charge in [-0.25, -0.2) is 4.98 Å². The van der Waals surface area contributed by atoms with Gasteiger partial charge in [0.25, 0.3) is 5.91 Å². The minimum absolute atomic E-state index is 0.0426. The Morgan fingerprint density at radius 3 is 2.42 bits per heavy atom. The zero-order chi connectivity index (χ0) is 26.6. The van der Waals surface area contributed by atoms with Crippen LogP contribution in [0.25, 0.3) is 0 Å². The average Bonchev–Trinajstić information content (AvgIpc) is 3.36. The molecule has 2 amide bonds. The van der Waals surface area contributed by atoms with Crippen LogP contribution in [0.3, 0.4) is 0 Å². The number of nitrogens with one attached hydrogen (secondary N) is 3. The number of carbonyl (C=O) groups is 2. The lowest BCUT2D eigenvalue weighted by atomic mass is 9.92. The Balaban J connectivity index is 1.20. The maximum absolute atomic E-state index is 13.0. The third-order valence-electron chi connectivity index (χ3n) is 8.31. The molecule has 2 saturated carbocycles. The topological polar surface area (TPSA) is 102 Å². The van der Waals surface area contributed by atoms with Gasteiger partial charge in [-0.2, -0.15) is 4.98 Å². The average molecular weight is 585 g/mol. The maximum atomic E-state index is 13.0. The van der Waals surface area contributed by atoms with Crippen LogP contribution in [0.5, 0.6) is 0 Å². The van der Waals surface area contributed by atoms with Crippen LogP contribution >= 0.6 is 15.9 Å². The Morgan fingerprint density at radius 2 is 1.74 bits per heavy atom. The SMILES string of the molecule is CN1CCC(N(C)C(=O)c2ccc(Nc3ncc(Br)c(N[C@@H]4CCC[C@@H]4C(=O)NC4CCC4)n3)cc2)CC1. The van der Waals surface area contributed by atoms with Crippen molar-refractivity contribution in [1.82, 2.24) is 25.1 Å². The summed E-state index contributed by atoms with van der Waals surface area (Å²) < 4.78 is 0.756. The number of piperidine rings is 1. The molecule has 2 heterocycles. The van der Waals surface area contributed by atoms with Gasteiger partial charge in [0.1, 0.15) is 5.82 Å². The number of nitrogens with zero attached hydrogens (tertiary/aromatic N) is 4. The second kappa shape index (κ2) is 12.0. The zero-order valence-corrected chi connectivity index (χ0v) is 23.8. The van der Waals surface area contributed by atoms with Crippen LogP contribution in [0.1, 0.15) is 61.7 Å². The van der Waals surface area contributed by atoms with Gasteiger partial charge in [-0.05, 0) is 105 Å². The van der Waals surface area contributed by atoms with E-state index >= 15 is 0 Å². The quantitative estimate of drug-likeness (QED) is 0.423. The van der Waals surface area contributed by atoms with E-state index in [1.54, 1.807) is 6.20 Å². The molecule has 0 radical (unpaired) electrons. The van der Waals surface area contributed by atoms with Crippen LogP contribution in [-0.4, -0.2) is 76.9 Å². The number of likely N-dealkylation sites (tertiary alicyclic amines) is 1. The highest BCUT2D eigenvalue weighted by Crippen LogP contribution is 2.32. The third-order valence-corrected chi connectivity index (χ3v) is 8.89. The molecule has 204 valence electrons. The molecule has 0 unspecified atom stereocenters. The highest BCUT2D eigenvalue weighted by atomic mass is 79.9. The summed E-state index contributed by atoms with van der Waals surface area (Å²) in [5.41, 5.74) is 1.47. The molecule has 0 spiro atoms. The number of aromatic nitrogens is 2. The van der Waals surface area contributed by atoms with Gasteiger partial charge >= 0.3 is 0 Å². The molecule has 2 aliphatic carbocycles. The number of halogens is 1. The Bertz CT molecular complexity index is 1130. The van der Waals surface area contributed by atoms with Gasteiger partial charge in [-0.3, -0.25) is 9.59 Å². The lowest BCUT2D eigenvalue weighted by molar-refractivity contribution is -0.126. The molecule has 3 aliphatic rings. The first-order chi connectivity index (χ1) is 18.4. The fraction of sp³-hybridized carbons (Fsp3) is 0.571. The summed E-state index contributed by atoms with van der Waals surface area (Å²) >= 11 is 3.56. The summed E-state index contributed by atoms with van der Waals surface area (Å²) in [5, 5.41) is 9.94. The van der Waals surface area contributed by atoms with Crippen molar-refractivity contribution in [2.24, 2.45) is 5.92 Å². The smallest absolute Gasteiger partial charge is 0.253 e. The first-order valence-corrected chi connectivity index (χ1v) is 14.6. The minimum atomic E-state index is -0.0494. The van der Waals surface area contributed by atoms with Gasteiger partial charge in [0.15, 0.2) is 0 Å². The number of carbonyl (C=O) groups excluding carboxylic acids is 2. The van der Waals surface area contributed by atoms with Crippen molar-refractivity contribution in [3.8, 4) is 0 Å². The van der Waals surface area contributed by atoms with E-state index in [4.69, 9.17) is 0 Å². The highest BCUT2D eigenvalue weighted by molar-refractivity contribution is 9.10. The van der Waals surface area contributed by atoms with Crippen molar-refractivity contribution in [2.75, 3.05) is 37.8 Å². The summed E-state index contributed by atoms with van der Waals surface area (Å²) in [6, 6.07) is 8.12. The third kappa shape index (κ3) is 6.29. The molecule has 1 aromatic carbocycles. The van der Waals surface area contributed by atoms with E-state index in [-0.39, 0.29) is 29.8 Å². The summed E-state index contributed by atoms with van der Waals surface area (Å²) in [4.78, 5) is 39.1. The molecule has 38 heavy (non-hydrogen) atoms. The number of rotatable bonds is 8. The van der Waals surface area contributed by atoms with E-state index in [1.807, 2.05) is 36.2 Å². The number of benzene rings is 1. The largest absolute Gasteiger partial charge is 0.365 e. The predicted molar refractivity (Wildman–Crippen MR) is 153 cm³/mol. The minimum Gasteiger partial charge on any atom is -0.365 e. The van der Waals surface area contributed by atoms with Crippen LogP contribution in [0.2, 0.25) is 0 Å². The monoisotopic (exact) mass is 583 g/mol. The van der Waals surface area contributed by atoms with E-state index in [2.05, 4.69) is 53.8 Å². The van der Waals surface area contributed by atoms with E-state index in [0.29, 0.717) is 23.4 Å². The maximum Gasteiger partial charge on any atom is 0.253 e. The molecule has 2 aromatic rings. The van der Waals surface area contributed by atoms with Gasteiger partial charge < -0.3 is 25.8 Å². The van der Waals surface area contributed by atoms with Crippen LogP contribution in [-0.2, 0) is 4.79 Å². The fourth-order valence-corrected chi connectivity index (χ4v) is 5.89. The van der Waals surface area contributed by atoms with Crippen LogP contribution in [0, 0.1) is 5.92 Å². The van der Waals surface area contributed by atoms with Crippen molar-refractivity contribution in [2.45, 2.75) is 69.5 Å². The van der Waals surface area contributed by atoms with Crippen molar-refractivity contribution < 1.29 is 9.59 Å². The van der Waals surface area contributed by atoms with Crippen molar-refractivity contribution in [1.29, 1.82) is 0 Å². The van der Waals surface area contributed by atoms with Crippen molar-refractivity contribution >= 4 is 45.2 Å². The highest BCUT2D eigenvalue weighted by Gasteiger charge is 2.35. The standard InChI is InChI=1S/C28H38BrN7O2/c1-35-15-13-21(14-16-35)36(2)27(38)18-9-11-20(12-10-18)32-28-30-17-23(29)25(34-28)33-24-8-4-7-22(24)26(37)31-19-5-3-6-19/h9-12,17,19,21-22,24H,3-8,13-16H2,1-2H3,(H,31,37)(H2,30,32,33,34)/t22-,24+/m0/s1. The molecule has 1 aromatic heterocycles. The van der Waals surface area contributed by atoms with Crippen LogP contribution in [0.15, 0.2) is 34.9 Å². The number of hydrogen-bond acceptors (Lipinski definition) is 7. The van der Waals surface area contributed by atoms with E-state index in [1.165, 1.54) is 6.42 Å². The summed E-state index contributed by atoms with van der Waals surface area (Å²) in [7, 11) is 4.03. The second-order valence-electron chi connectivity index (χ2n) is 11.0. The molecule has 5 rings (SSSR count). The summed E-state index contributed by atoms with van der Waals surface area (Å²) in [5.74, 6) is 1.27. The Kier molecular flexibility index (Phi) is 8.48. The van der Waals surface area contributed by atoms with E-state index in [9.17, 15) is 9.59 Å². The molecular formula is C28H38BrN7O2. The number of hydrogen-bond donors (Lipinski definition) is 3. The molecule has 2 atom stereocenters. The van der Waals surface area contributed by atoms with Crippen LogP contribution < -0.4 is 16.0 Å². The molecule has 1 saturated heterocycles. The van der Waals surface area contributed by atoms with Crippen molar-refractivity contribution in [3.63, 3.8) is 0 Å². The van der Waals surface area contributed by atoms with Gasteiger partial charge in [-0.15, -0.1) is 0 Å². The lowest BCUT2D eigenvalue weighted by Gasteiger charge is -2.35. The molecular weight excluding hydrogens is 546 g/mol. The zero-order valence-electron chi connectivity index (χ0n) is 22.3. The molecule has 3 N–H and O–H groups in total. The summed E-state index contributed by atoms with van der Waals surface area (Å²) in [6.07, 6.45) is 9.95. The Hall–Kier alpha value is -2.72. The normalized spacial score (nSPS) is 22.5. The lowest BCUT2D eigenvalue weighted by Crippen LogP contribution is -2.45. The number of amides is 2. The first-order valence-electron chi connectivity index (χ1n) is 13.8. The van der Waals surface area contributed by atoms with E-state index < -0.39 is 0 Å². The Labute approximate surface area is 233 Å². The number of anilines is 3. The molecule has 9 nitrogen and oxygen atoms in total. The van der Waals surface area contributed by atoms with Gasteiger partial charge in [0.2, 0.25) is 11.9 Å². The predicted octanol–water partition coefficient (Wildman–Crippen LogP) is 4.40. The van der Waals surface area contributed by atoms with Gasteiger partial charge in [0.05, 0.1) is 10.4 Å².